The molecule has 0 saturated heterocycles. The van der Waals surface area contributed by atoms with Gasteiger partial charge in [0.05, 0.1) is 5.92 Å². The Balaban J connectivity index is 2.66. The van der Waals surface area contributed by atoms with Gasteiger partial charge < -0.3 is 10.6 Å². The van der Waals surface area contributed by atoms with Crippen LogP contribution in [0, 0.1) is 18.8 Å². The van der Waals surface area contributed by atoms with E-state index in [1.807, 2.05) is 38.2 Å². The monoisotopic (exact) mass is 234 g/mol. The lowest BCUT2D eigenvalue weighted by Crippen LogP contribution is -2.34. The van der Waals surface area contributed by atoms with Crippen molar-refractivity contribution in [3.63, 3.8) is 0 Å². The number of carbonyl (C=O) groups is 1. The van der Waals surface area contributed by atoms with Crippen LogP contribution in [0.5, 0.6) is 0 Å². The molecule has 1 aromatic carbocycles. The van der Waals surface area contributed by atoms with Gasteiger partial charge in [0, 0.05) is 12.2 Å². The number of anilines is 1. The summed E-state index contributed by atoms with van der Waals surface area (Å²) < 4.78 is 0. The van der Waals surface area contributed by atoms with Gasteiger partial charge >= 0.3 is 0 Å². The third-order valence-corrected chi connectivity index (χ3v) is 2.88. The number of nitrogens with one attached hydrogen (secondary N) is 2. The van der Waals surface area contributed by atoms with E-state index in [1.54, 1.807) is 0 Å². The predicted octanol–water partition coefficient (Wildman–Crippen LogP) is 2.43. The van der Waals surface area contributed by atoms with Gasteiger partial charge in [0.25, 0.3) is 0 Å². The highest BCUT2D eigenvalue weighted by atomic mass is 16.1. The zero-order valence-corrected chi connectivity index (χ0v) is 11.1. The minimum absolute atomic E-state index is 0.00121. The first-order valence-electron chi connectivity index (χ1n) is 6.06. The number of benzene rings is 1. The molecule has 0 fully saturated rings. The zero-order valence-electron chi connectivity index (χ0n) is 11.1. The first-order valence-corrected chi connectivity index (χ1v) is 6.06. The van der Waals surface area contributed by atoms with Crippen molar-refractivity contribution in [2.24, 2.45) is 11.8 Å². The molecule has 1 amide bonds. The highest BCUT2D eigenvalue weighted by Crippen LogP contribution is 2.14. The highest BCUT2D eigenvalue weighted by Gasteiger charge is 2.21. The summed E-state index contributed by atoms with van der Waals surface area (Å²) in [6.07, 6.45) is 0. The van der Waals surface area contributed by atoms with Crippen molar-refractivity contribution in [1.82, 2.24) is 5.32 Å². The summed E-state index contributed by atoms with van der Waals surface area (Å²) in [5, 5.41) is 6.02. The van der Waals surface area contributed by atoms with Gasteiger partial charge in [-0.15, -0.1) is 0 Å². The topological polar surface area (TPSA) is 41.1 Å². The first-order chi connectivity index (χ1) is 8.04. The molecule has 1 unspecified atom stereocenters. The summed E-state index contributed by atoms with van der Waals surface area (Å²) >= 11 is 0. The fourth-order valence-electron chi connectivity index (χ4n) is 1.72. The SMILES string of the molecule is CNCC(C(=O)Nc1ccc(C)cc1)C(C)C. The maximum Gasteiger partial charge on any atom is 0.229 e. The van der Waals surface area contributed by atoms with Crippen LogP contribution in [0.25, 0.3) is 0 Å². The summed E-state index contributed by atoms with van der Waals surface area (Å²) in [5.74, 6) is 0.410. The average Bonchev–Trinajstić information content (AvgIpc) is 2.28. The minimum atomic E-state index is 0.00121. The molecule has 0 spiro atoms. The quantitative estimate of drug-likeness (QED) is 0.821. The van der Waals surface area contributed by atoms with E-state index >= 15 is 0 Å². The third kappa shape index (κ3) is 4.19. The molecular formula is C14H22N2O. The molecule has 0 aromatic heterocycles. The number of aryl methyl sites for hydroxylation is 1. The molecule has 0 aliphatic carbocycles. The Morgan fingerprint density at radius 2 is 1.82 bits per heavy atom. The summed E-state index contributed by atoms with van der Waals surface area (Å²) in [5.41, 5.74) is 2.06. The van der Waals surface area contributed by atoms with E-state index in [0.29, 0.717) is 12.5 Å². The van der Waals surface area contributed by atoms with Crippen molar-refractivity contribution in [1.29, 1.82) is 0 Å². The minimum Gasteiger partial charge on any atom is -0.326 e. The van der Waals surface area contributed by atoms with Crippen LogP contribution in [0.3, 0.4) is 0 Å². The largest absolute Gasteiger partial charge is 0.326 e. The molecule has 0 bridgehead atoms. The van der Waals surface area contributed by atoms with Crippen molar-refractivity contribution in [3.05, 3.63) is 29.8 Å². The van der Waals surface area contributed by atoms with E-state index < -0.39 is 0 Å². The normalized spacial score (nSPS) is 12.5. The molecule has 1 atom stereocenters. The molecule has 1 aromatic rings. The molecule has 0 aliphatic heterocycles. The third-order valence-electron chi connectivity index (χ3n) is 2.88. The van der Waals surface area contributed by atoms with Crippen LogP contribution < -0.4 is 10.6 Å². The van der Waals surface area contributed by atoms with E-state index in [1.165, 1.54) is 5.56 Å². The maximum atomic E-state index is 12.1. The maximum absolute atomic E-state index is 12.1. The average molecular weight is 234 g/mol. The fourth-order valence-corrected chi connectivity index (χ4v) is 1.72. The predicted molar refractivity (Wildman–Crippen MR) is 72.1 cm³/mol. The van der Waals surface area contributed by atoms with Gasteiger partial charge in [0.15, 0.2) is 0 Å². The molecular weight excluding hydrogens is 212 g/mol. The Kier molecular flexibility index (Phi) is 5.16. The van der Waals surface area contributed by atoms with Gasteiger partial charge in [-0.1, -0.05) is 31.5 Å². The van der Waals surface area contributed by atoms with Crippen LogP contribution in [0.2, 0.25) is 0 Å². The van der Waals surface area contributed by atoms with Crippen LogP contribution in [0.1, 0.15) is 19.4 Å². The molecule has 0 aliphatic rings. The lowest BCUT2D eigenvalue weighted by Gasteiger charge is -2.19. The standard InChI is InChI=1S/C14H22N2O/c1-10(2)13(9-15-4)14(17)16-12-7-5-11(3)6-8-12/h5-8,10,13,15H,9H2,1-4H3,(H,16,17). The van der Waals surface area contributed by atoms with Crippen molar-refractivity contribution in [2.75, 3.05) is 18.9 Å². The molecule has 0 radical (unpaired) electrons. The zero-order chi connectivity index (χ0) is 12.8. The van der Waals surface area contributed by atoms with Crippen molar-refractivity contribution in [2.45, 2.75) is 20.8 Å². The second kappa shape index (κ2) is 6.40. The molecule has 0 heterocycles. The Morgan fingerprint density at radius 1 is 1.24 bits per heavy atom. The Morgan fingerprint density at radius 3 is 2.29 bits per heavy atom. The summed E-state index contributed by atoms with van der Waals surface area (Å²) in [6.45, 7) is 6.87. The van der Waals surface area contributed by atoms with Crippen LogP contribution in [0.15, 0.2) is 24.3 Å². The molecule has 1 rings (SSSR count). The number of rotatable bonds is 5. The van der Waals surface area contributed by atoms with E-state index in [2.05, 4.69) is 24.5 Å². The number of hydrogen-bond acceptors (Lipinski definition) is 2. The van der Waals surface area contributed by atoms with Crippen LogP contribution in [-0.4, -0.2) is 19.5 Å². The summed E-state index contributed by atoms with van der Waals surface area (Å²) in [7, 11) is 1.87. The smallest absolute Gasteiger partial charge is 0.229 e. The fraction of sp³-hybridized carbons (Fsp3) is 0.500. The summed E-state index contributed by atoms with van der Waals surface area (Å²) in [6, 6.07) is 7.87. The van der Waals surface area contributed by atoms with E-state index in [4.69, 9.17) is 0 Å². The highest BCUT2D eigenvalue weighted by molar-refractivity contribution is 5.92. The van der Waals surface area contributed by atoms with Crippen molar-refractivity contribution < 1.29 is 4.79 Å². The van der Waals surface area contributed by atoms with E-state index in [0.717, 1.165) is 5.69 Å². The van der Waals surface area contributed by atoms with Crippen molar-refractivity contribution in [3.8, 4) is 0 Å². The Bertz CT molecular complexity index is 357. The van der Waals surface area contributed by atoms with E-state index in [-0.39, 0.29) is 11.8 Å². The lowest BCUT2D eigenvalue weighted by atomic mass is 9.95. The van der Waals surface area contributed by atoms with Gasteiger partial charge in [-0.25, -0.2) is 0 Å². The first kappa shape index (κ1) is 13.7. The lowest BCUT2D eigenvalue weighted by molar-refractivity contribution is -0.120. The molecule has 3 nitrogen and oxygen atoms in total. The van der Waals surface area contributed by atoms with Crippen LogP contribution in [-0.2, 0) is 4.79 Å². The van der Waals surface area contributed by atoms with Crippen LogP contribution >= 0.6 is 0 Å². The second-order valence-electron chi connectivity index (χ2n) is 4.76. The van der Waals surface area contributed by atoms with Gasteiger partial charge in [-0.3, -0.25) is 4.79 Å². The number of carbonyl (C=O) groups excluding carboxylic acids is 1. The Labute approximate surface area is 104 Å². The number of amides is 1. The van der Waals surface area contributed by atoms with Crippen molar-refractivity contribution >= 4 is 11.6 Å². The second-order valence-corrected chi connectivity index (χ2v) is 4.76. The molecule has 3 heteroatoms. The molecule has 0 saturated carbocycles. The number of hydrogen-bond donors (Lipinski definition) is 2. The van der Waals surface area contributed by atoms with Gasteiger partial charge in [-0.2, -0.15) is 0 Å². The molecule has 2 N–H and O–H groups in total. The molecule has 17 heavy (non-hydrogen) atoms. The Hall–Kier alpha value is -1.35. The summed E-state index contributed by atoms with van der Waals surface area (Å²) in [4.78, 5) is 12.1. The van der Waals surface area contributed by atoms with Gasteiger partial charge in [-0.05, 0) is 32.0 Å². The van der Waals surface area contributed by atoms with E-state index in [9.17, 15) is 4.79 Å². The molecule has 94 valence electrons. The van der Waals surface area contributed by atoms with Gasteiger partial charge in [0.2, 0.25) is 5.91 Å². The van der Waals surface area contributed by atoms with Crippen LogP contribution in [0.4, 0.5) is 5.69 Å². The van der Waals surface area contributed by atoms with Gasteiger partial charge in [0.1, 0.15) is 0 Å².